The molecule has 5 nitrogen and oxygen atoms in total. The topological polar surface area (TPSA) is 76.0 Å². The van der Waals surface area contributed by atoms with Crippen molar-refractivity contribution in [2.45, 2.75) is 24.3 Å². The highest BCUT2D eigenvalue weighted by Gasteiger charge is 2.44. The predicted molar refractivity (Wildman–Crippen MR) is 72.0 cm³/mol. The molecule has 1 aliphatic rings. The van der Waals surface area contributed by atoms with E-state index in [1.807, 2.05) is 12.1 Å². The Morgan fingerprint density at radius 3 is 2.84 bits per heavy atom. The van der Waals surface area contributed by atoms with E-state index in [4.69, 9.17) is 5.11 Å². The van der Waals surface area contributed by atoms with Crippen LogP contribution in [0.2, 0.25) is 0 Å². The molecule has 6 heteroatoms. The third kappa shape index (κ3) is 2.84. The number of aromatic nitrogens is 3. The number of carboxylic acid groups (broad SMARTS) is 1. The number of carbonyl (C=O) groups is 1. The molecule has 0 radical (unpaired) electrons. The van der Waals surface area contributed by atoms with Crippen molar-refractivity contribution >= 4 is 28.9 Å². The number of pyridine rings is 1. The van der Waals surface area contributed by atoms with Crippen LogP contribution in [0.1, 0.15) is 19.3 Å². The van der Waals surface area contributed by atoms with Crippen LogP contribution in [0.5, 0.6) is 0 Å². The Balaban J connectivity index is 1.70. The summed E-state index contributed by atoms with van der Waals surface area (Å²) in [7, 11) is 0. The lowest BCUT2D eigenvalue weighted by Crippen LogP contribution is -2.11. The zero-order valence-electron chi connectivity index (χ0n) is 10.2. The number of hydrogen-bond acceptors (Lipinski definition) is 5. The number of rotatable bonds is 5. The van der Waals surface area contributed by atoms with Gasteiger partial charge in [0.25, 0.3) is 0 Å². The zero-order valence-corrected chi connectivity index (χ0v) is 11.1. The summed E-state index contributed by atoms with van der Waals surface area (Å²) >= 11 is 1.60. The van der Waals surface area contributed by atoms with Crippen LogP contribution in [0.4, 0.5) is 0 Å². The van der Waals surface area contributed by atoms with Crippen LogP contribution in [0.25, 0.3) is 11.2 Å². The van der Waals surface area contributed by atoms with Gasteiger partial charge in [-0.25, -0.2) is 9.97 Å². The van der Waals surface area contributed by atoms with Gasteiger partial charge in [-0.15, -0.1) is 11.8 Å². The summed E-state index contributed by atoms with van der Waals surface area (Å²) in [6.45, 7) is 0. The van der Waals surface area contributed by atoms with Gasteiger partial charge < -0.3 is 5.11 Å². The average Bonchev–Trinajstić information content (AvgIpc) is 3.15. The van der Waals surface area contributed by atoms with E-state index >= 15 is 0 Å². The smallest absolute Gasteiger partial charge is 0.303 e. The molecule has 0 unspecified atom stereocenters. The molecule has 2 aromatic rings. The van der Waals surface area contributed by atoms with Crippen molar-refractivity contribution in [2.24, 2.45) is 5.41 Å². The monoisotopic (exact) mass is 275 g/mol. The van der Waals surface area contributed by atoms with Crippen molar-refractivity contribution in [1.29, 1.82) is 0 Å². The summed E-state index contributed by atoms with van der Waals surface area (Å²) in [4.78, 5) is 23.6. The first-order chi connectivity index (χ1) is 9.17. The summed E-state index contributed by atoms with van der Waals surface area (Å²) < 4.78 is 0. The second kappa shape index (κ2) is 4.77. The molecule has 0 atom stereocenters. The number of fused-ring (bicyclic) bond motifs is 1. The van der Waals surface area contributed by atoms with Gasteiger partial charge in [0.2, 0.25) is 0 Å². The van der Waals surface area contributed by atoms with Gasteiger partial charge in [0, 0.05) is 18.1 Å². The minimum Gasteiger partial charge on any atom is -0.481 e. The van der Waals surface area contributed by atoms with E-state index < -0.39 is 5.97 Å². The molecule has 1 saturated carbocycles. The largest absolute Gasteiger partial charge is 0.481 e. The van der Waals surface area contributed by atoms with Crippen LogP contribution in [-0.4, -0.2) is 31.8 Å². The molecular weight excluding hydrogens is 262 g/mol. The third-order valence-electron chi connectivity index (χ3n) is 3.32. The molecule has 1 fully saturated rings. The molecule has 3 rings (SSSR count). The molecule has 1 aliphatic carbocycles. The standard InChI is InChI=1S/C13H13N3O2S/c17-11(18)7-13(3-4-13)8-19-10-2-1-9-12(16-10)15-6-5-14-9/h1-2,5-6H,3-4,7-8H2,(H,17,18). The molecule has 1 N–H and O–H groups in total. The van der Waals surface area contributed by atoms with Crippen molar-refractivity contribution in [3.05, 3.63) is 24.5 Å². The van der Waals surface area contributed by atoms with Crippen LogP contribution >= 0.6 is 11.8 Å². The Morgan fingerprint density at radius 2 is 2.11 bits per heavy atom. The molecule has 0 spiro atoms. The maximum absolute atomic E-state index is 10.8. The quantitative estimate of drug-likeness (QED) is 0.844. The van der Waals surface area contributed by atoms with Gasteiger partial charge in [-0.05, 0) is 30.4 Å². The molecule has 2 aromatic heterocycles. The lowest BCUT2D eigenvalue weighted by Gasteiger charge is -2.11. The number of hydrogen-bond donors (Lipinski definition) is 1. The first-order valence-electron chi connectivity index (χ1n) is 6.09. The average molecular weight is 275 g/mol. The van der Waals surface area contributed by atoms with Gasteiger partial charge in [0.05, 0.1) is 11.4 Å². The van der Waals surface area contributed by atoms with E-state index in [1.165, 1.54) is 0 Å². The van der Waals surface area contributed by atoms with Crippen LogP contribution in [0, 0.1) is 5.41 Å². The third-order valence-corrected chi connectivity index (χ3v) is 4.60. The molecule has 0 saturated heterocycles. The number of carboxylic acids is 1. The molecule has 0 aromatic carbocycles. The highest BCUT2D eigenvalue weighted by Crippen LogP contribution is 2.51. The second-order valence-corrected chi connectivity index (χ2v) is 5.90. The minimum absolute atomic E-state index is 0.0183. The van der Waals surface area contributed by atoms with Crippen molar-refractivity contribution in [2.75, 3.05) is 5.75 Å². The van der Waals surface area contributed by atoms with Crippen molar-refractivity contribution in [3.8, 4) is 0 Å². The lowest BCUT2D eigenvalue weighted by atomic mass is 10.1. The van der Waals surface area contributed by atoms with E-state index in [-0.39, 0.29) is 11.8 Å². The van der Waals surface area contributed by atoms with E-state index in [9.17, 15) is 4.79 Å². The van der Waals surface area contributed by atoms with Crippen LogP contribution < -0.4 is 0 Å². The molecule has 0 aliphatic heterocycles. The number of nitrogens with zero attached hydrogens (tertiary/aromatic N) is 3. The van der Waals surface area contributed by atoms with Gasteiger partial charge in [-0.2, -0.15) is 0 Å². The second-order valence-electron chi connectivity index (χ2n) is 4.91. The van der Waals surface area contributed by atoms with E-state index in [0.717, 1.165) is 29.1 Å². The van der Waals surface area contributed by atoms with Crippen molar-refractivity contribution in [3.63, 3.8) is 0 Å². The maximum Gasteiger partial charge on any atom is 0.303 e. The van der Waals surface area contributed by atoms with Crippen LogP contribution in [0.3, 0.4) is 0 Å². The summed E-state index contributed by atoms with van der Waals surface area (Å²) in [6, 6.07) is 3.81. The van der Waals surface area contributed by atoms with Crippen molar-refractivity contribution in [1.82, 2.24) is 15.0 Å². The highest BCUT2D eigenvalue weighted by atomic mass is 32.2. The predicted octanol–water partition coefficient (Wildman–Crippen LogP) is 2.37. The molecule has 0 bridgehead atoms. The van der Waals surface area contributed by atoms with Gasteiger partial charge in [-0.3, -0.25) is 9.78 Å². The fourth-order valence-corrected chi connectivity index (χ4v) is 3.17. The number of thioether (sulfide) groups is 1. The van der Waals surface area contributed by atoms with Gasteiger partial charge in [-0.1, -0.05) is 0 Å². The fraction of sp³-hybridized carbons (Fsp3) is 0.385. The molecule has 2 heterocycles. The van der Waals surface area contributed by atoms with Gasteiger partial charge in [0.1, 0.15) is 5.52 Å². The minimum atomic E-state index is -0.713. The SMILES string of the molecule is O=C(O)CC1(CSc2ccc3nccnc3n2)CC1. The first-order valence-corrected chi connectivity index (χ1v) is 7.08. The van der Waals surface area contributed by atoms with E-state index in [1.54, 1.807) is 24.2 Å². The van der Waals surface area contributed by atoms with Gasteiger partial charge in [0.15, 0.2) is 5.65 Å². The molecule has 19 heavy (non-hydrogen) atoms. The summed E-state index contributed by atoms with van der Waals surface area (Å²) in [5.41, 5.74) is 1.39. The Morgan fingerprint density at radius 1 is 1.32 bits per heavy atom. The van der Waals surface area contributed by atoms with E-state index in [2.05, 4.69) is 15.0 Å². The maximum atomic E-state index is 10.8. The number of aliphatic carboxylic acids is 1. The summed E-state index contributed by atoms with van der Waals surface area (Å²) in [6.07, 6.45) is 5.52. The van der Waals surface area contributed by atoms with E-state index in [0.29, 0.717) is 5.65 Å². The van der Waals surface area contributed by atoms with Gasteiger partial charge >= 0.3 is 5.97 Å². The first kappa shape index (κ1) is 12.3. The Labute approximate surface area is 114 Å². The molecule has 98 valence electrons. The molecule has 0 amide bonds. The fourth-order valence-electron chi connectivity index (χ4n) is 2.01. The Kier molecular flexibility index (Phi) is 3.10. The highest BCUT2D eigenvalue weighted by molar-refractivity contribution is 7.99. The van der Waals surface area contributed by atoms with Crippen molar-refractivity contribution < 1.29 is 9.90 Å². The molecular formula is C13H13N3O2S. The zero-order chi connectivity index (χ0) is 13.3. The summed E-state index contributed by atoms with van der Waals surface area (Å²) in [5, 5.41) is 9.76. The van der Waals surface area contributed by atoms with Crippen LogP contribution in [-0.2, 0) is 4.79 Å². The normalized spacial score (nSPS) is 16.4. The lowest BCUT2D eigenvalue weighted by molar-refractivity contribution is -0.138. The Bertz CT molecular complexity index is 628. The summed E-state index contributed by atoms with van der Waals surface area (Å²) in [5.74, 6) is 0.0911. The Hall–Kier alpha value is -1.69. The van der Waals surface area contributed by atoms with Crippen LogP contribution in [0.15, 0.2) is 29.6 Å².